The molecule has 0 saturated carbocycles. The third kappa shape index (κ3) is 1.98. The van der Waals surface area contributed by atoms with Crippen molar-refractivity contribution in [3.63, 3.8) is 0 Å². The predicted molar refractivity (Wildman–Crippen MR) is 85.5 cm³/mol. The molecular weight excluding hydrogens is 298 g/mol. The number of nitrogens with one attached hydrogen (secondary N) is 1. The Bertz CT molecular complexity index is 766. The summed E-state index contributed by atoms with van der Waals surface area (Å²) in [7, 11) is 0. The van der Waals surface area contributed by atoms with E-state index in [1.807, 2.05) is 30.3 Å². The van der Waals surface area contributed by atoms with E-state index in [4.69, 9.17) is 0 Å². The van der Waals surface area contributed by atoms with E-state index in [0.29, 0.717) is 12.2 Å². The fourth-order valence-electron chi connectivity index (χ4n) is 3.12. The standard InChI is InChI=1S/C16H15N3O2S/c20-14-16(6-8-22-10-16)18-15(21)19(14)9-12-4-1-3-11-5-2-7-17-13(11)12/h1-5,7H,6,8-10H2,(H,18,21)/t16-/m1/s1. The predicted octanol–water partition coefficient (Wildman–Crippen LogP) is 2.16. The molecule has 4 rings (SSSR count). The third-order valence-corrected chi connectivity index (χ3v) is 5.50. The molecule has 0 bridgehead atoms. The van der Waals surface area contributed by atoms with Crippen molar-refractivity contribution in [2.24, 2.45) is 0 Å². The van der Waals surface area contributed by atoms with Crippen LogP contribution in [-0.4, -0.2) is 38.9 Å². The lowest BCUT2D eigenvalue weighted by Gasteiger charge is -2.19. The first-order valence-electron chi connectivity index (χ1n) is 7.24. The lowest BCUT2D eigenvalue weighted by Crippen LogP contribution is -2.46. The second kappa shape index (κ2) is 4.98. The number of benzene rings is 1. The van der Waals surface area contributed by atoms with Gasteiger partial charge in [-0.25, -0.2) is 4.79 Å². The van der Waals surface area contributed by atoms with E-state index in [0.717, 1.165) is 22.2 Å². The van der Waals surface area contributed by atoms with Crippen LogP contribution in [-0.2, 0) is 11.3 Å². The van der Waals surface area contributed by atoms with Crippen molar-refractivity contribution in [1.29, 1.82) is 0 Å². The van der Waals surface area contributed by atoms with Gasteiger partial charge < -0.3 is 5.32 Å². The van der Waals surface area contributed by atoms with Crippen LogP contribution >= 0.6 is 11.8 Å². The number of hydrogen-bond donors (Lipinski definition) is 1. The minimum atomic E-state index is -0.681. The van der Waals surface area contributed by atoms with Gasteiger partial charge in [0.1, 0.15) is 5.54 Å². The number of hydrogen-bond acceptors (Lipinski definition) is 4. The van der Waals surface area contributed by atoms with Crippen molar-refractivity contribution < 1.29 is 9.59 Å². The molecule has 5 nitrogen and oxygen atoms in total. The molecule has 0 radical (unpaired) electrons. The summed E-state index contributed by atoms with van der Waals surface area (Å²) in [6, 6.07) is 9.40. The number of carbonyl (C=O) groups excluding carboxylic acids is 2. The maximum atomic E-state index is 12.7. The van der Waals surface area contributed by atoms with Crippen molar-refractivity contribution in [2.45, 2.75) is 18.5 Å². The number of carbonyl (C=O) groups is 2. The molecule has 1 atom stereocenters. The highest BCUT2D eigenvalue weighted by Gasteiger charge is 2.52. The van der Waals surface area contributed by atoms with Crippen LogP contribution in [0.3, 0.4) is 0 Å². The van der Waals surface area contributed by atoms with Crippen LogP contribution in [0.5, 0.6) is 0 Å². The molecule has 3 heterocycles. The highest BCUT2D eigenvalue weighted by Crippen LogP contribution is 2.34. The lowest BCUT2D eigenvalue weighted by molar-refractivity contribution is -0.130. The van der Waals surface area contributed by atoms with E-state index in [9.17, 15) is 9.59 Å². The van der Waals surface area contributed by atoms with Crippen molar-refractivity contribution in [3.8, 4) is 0 Å². The van der Waals surface area contributed by atoms with Crippen LogP contribution in [0.2, 0.25) is 0 Å². The van der Waals surface area contributed by atoms with Crippen molar-refractivity contribution in [2.75, 3.05) is 11.5 Å². The number of para-hydroxylation sites is 1. The molecule has 2 fully saturated rings. The van der Waals surface area contributed by atoms with Crippen LogP contribution in [0.4, 0.5) is 4.79 Å². The van der Waals surface area contributed by atoms with Crippen molar-refractivity contribution in [1.82, 2.24) is 15.2 Å². The van der Waals surface area contributed by atoms with Gasteiger partial charge in [0.2, 0.25) is 0 Å². The Morgan fingerprint density at radius 3 is 2.95 bits per heavy atom. The highest BCUT2D eigenvalue weighted by molar-refractivity contribution is 7.99. The van der Waals surface area contributed by atoms with Gasteiger partial charge in [0.15, 0.2) is 0 Å². The number of urea groups is 1. The molecule has 1 spiro atoms. The molecule has 2 aromatic rings. The van der Waals surface area contributed by atoms with E-state index in [2.05, 4.69) is 10.3 Å². The number of amides is 3. The Morgan fingerprint density at radius 1 is 1.27 bits per heavy atom. The summed E-state index contributed by atoms with van der Waals surface area (Å²) in [5.41, 5.74) is 1.05. The fourth-order valence-corrected chi connectivity index (χ4v) is 4.44. The zero-order valence-corrected chi connectivity index (χ0v) is 12.7. The SMILES string of the molecule is O=C1N[C@@]2(CCSC2)C(=O)N1Cc1cccc2cccnc12. The minimum absolute atomic E-state index is 0.101. The second-order valence-electron chi connectivity index (χ2n) is 5.70. The molecule has 3 amide bonds. The van der Waals surface area contributed by atoms with Gasteiger partial charge in [-0.3, -0.25) is 14.7 Å². The number of pyridine rings is 1. The molecule has 6 heteroatoms. The Kier molecular flexibility index (Phi) is 3.07. The van der Waals surface area contributed by atoms with Crippen LogP contribution in [0, 0.1) is 0 Å². The first kappa shape index (κ1) is 13.6. The van der Waals surface area contributed by atoms with E-state index < -0.39 is 5.54 Å². The molecular formula is C16H15N3O2S. The lowest BCUT2D eigenvalue weighted by atomic mass is 9.99. The molecule has 1 aromatic heterocycles. The summed E-state index contributed by atoms with van der Waals surface area (Å²) in [4.78, 5) is 30.7. The average Bonchev–Trinajstić information content (AvgIpc) is 3.09. The largest absolute Gasteiger partial charge is 0.325 e. The Labute approximate surface area is 132 Å². The summed E-state index contributed by atoms with van der Waals surface area (Å²) >= 11 is 1.71. The smallest absolute Gasteiger partial charge is 0.322 e. The van der Waals surface area contributed by atoms with E-state index in [1.54, 1.807) is 18.0 Å². The summed E-state index contributed by atoms with van der Waals surface area (Å²) in [6.07, 6.45) is 2.44. The maximum absolute atomic E-state index is 12.7. The molecule has 0 unspecified atom stereocenters. The highest BCUT2D eigenvalue weighted by atomic mass is 32.2. The number of rotatable bonds is 2. The Morgan fingerprint density at radius 2 is 2.14 bits per heavy atom. The quantitative estimate of drug-likeness (QED) is 0.863. The van der Waals surface area contributed by atoms with Crippen molar-refractivity contribution >= 4 is 34.6 Å². The van der Waals surface area contributed by atoms with Gasteiger partial charge in [-0.05, 0) is 23.8 Å². The van der Waals surface area contributed by atoms with Gasteiger partial charge in [-0.1, -0.05) is 24.3 Å². The van der Waals surface area contributed by atoms with E-state index in [1.165, 1.54) is 4.90 Å². The van der Waals surface area contributed by atoms with Gasteiger partial charge >= 0.3 is 6.03 Å². The number of aromatic nitrogens is 1. The Balaban J connectivity index is 1.68. The maximum Gasteiger partial charge on any atom is 0.325 e. The average molecular weight is 313 g/mol. The van der Waals surface area contributed by atoms with Gasteiger partial charge in [-0.2, -0.15) is 11.8 Å². The number of imide groups is 1. The molecule has 1 N–H and O–H groups in total. The molecule has 0 aliphatic carbocycles. The first-order chi connectivity index (χ1) is 10.7. The summed E-state index contributed by atoms with van der Waals surface area (Å²) < 4.78 is 0. The monoisotopic (exact) mass is 313 g/mol. The van der Waals surface area contributed by atoms with Gasteiger partial charge in [-0.15, -0.1) is 0 Å². The molecule has 1 aromatic carbocycles. The van der Waals surface area contributed by atoms with E-state index >= 15 is 0 Å². The Hall–Kier alpha value is -2.08. The minimum Gasteiger partial charge on any atom is -0.322 e. The molecule has 22 heavy (non-hydrogen) atoms. The second-order valence-corrected chi connectivity index (χ2v) is 6.80. The molecule has 112 valence electrons. The fraction of sp³-hybridized carbons (Fsp3) is 0.312. The number of fused-ring (bicyclic) bond motifs is 1. The van der Waals surface area contributed by atoms with Crippen LogP contribution in [0.15, 0.2) is 36.5 Å². The van der Waals surface area contributed by atoms with Gasteiger partial charge in [0, 0.05) is 17.3 Å². The molecule has 2 aliphatic heterocycles. The van der Waals surface area contributed by atoms with Crippen LogP contribution in [0.25, 0.3) is 10.9 Å². The normalized spacial score (nSPS) is 24.5. The third-order valence-electron chi connectivity index (χ3n) is 4.31. The number of nitrogens with zero attached hydrogens (tertiary/aromatic N) is 2. The van der Waals surface area contributed by atoms with Gasteiger partial charge in [0.05, 0.1) is 12.1 Å². The van der Waals surface area contributed by atoms with E-state index in [-0.39, 0.29) is 18.5 Å². The number of thioether (sulfide) groups is 1. The zero-order chi connectivity index (χ0) is 15.2. The van der Waals surface area contributed by atoms with Crippen LogP contribution in [0.1, 0.15) is 12.0 Å². The van der Waals surface area contributed by atoms with Gasteiger partial charge in [0.25, 0.3) is 5.91 Å². The van der Waals surface area contributed by atoms with Crippen LogP contribution < -0.4 is 5.32 Å². The zero-order valence-electron chi connectivity index (χ0n) is 11.9. The summed E-state index contributed by atoms with van der Waals surface area (Å²) in [6.45, 7) is 0.269. The molecule has 2 aliphatic rings. The first-order valence-corrected chi connectivity index (χ1v) is 8.40. The topological polar surface area (TPSA) is 62.3 Å². The molecule has 2 saturated heterocycles. The summed E-state index contributed by atoms with van der Waals surface area (Å²) in [5.74, 6) is 1.48. The van der Waals surface area contributed by atoms with Crippen molar-refractivity contribution in [3.05, 3.63) is 42.1 Å². The summed E-state index contributed by atoms with van der Waals surface area (Å²) in [5, 5.41) is 3.91.